The number of nitrogens with zero attached hydrogens (tertiary/aromatic N) is 4. The van der Waals surface area contributed by atoms with Crippen LogP contribution in [0.4, 0.5) is 0 Å². The lowest BCUT2D eigenvalue weighted by Crippen LogP contribution is -2.35. The molecule has 2 aromatic rings. The second kappa shape index (κ2) is 6.98. The third-order valence-corrected chi connectivity index (χ3v) is 4.59. The maximum Gasteiger partial charge on any atom is 0.302 e. The van der Waals surface area contributed by atoms with Gasteiger partial charge in [-0.2, -0.15) is 0 Å². The molecule has 6 heteroatoms. The summed E-state index contributed by atoms with van der Waals surface area (Å²) >= 11 is 0. The van der Waals surface area contributed by atoms with E-state index < -0.39 is 5.56 Å². The summed E-state index contributed by atoms with van der Waals surface area (Å²) in [6.45, 7) is 9.91. The lowest BCUT2D eigenvalue weighted by atomic mass is 9.92. The maximum absolute atomic E-state index is 11.2. The molecule has 134 valence electrons. The van der Waals surface area contributed by atoms with Crippen molar-refractivity contribution >= 4 is 0 Å². The minimum Gasteiger partial charge on any atom is -0.409 e. The number of hydrogen-bond acceptors (Lipinski definition) is 5. The van der Waals surface area contributed by atoms with Gasteiger partial charge in [0.2, 0.25) is 0 Å². The van der Waals surface area contributed by atoms with Gasteiger partial charge in [-0.25, -0.2) is 0 Å². The second-order valence-electron chi connectivity index (χ2n) is 7.76. The number of aromatic nitrogens is 2. The molecule has 0 atom stereocenters. The van der Waals surface area contributed by atoms with Crippen LogP contribution in [0.1, 0.15) is 19.4 Å². The van der Waals surface area contributed by atoms with Gasteiger partial charge in [-0.15, -0.1) is 5.10 Å². The first-order valence-electron chi connectivity index (χ1n) is 8.62. The average molecular weight is 342 g/mol. The molecular formula is C19H26N4O2. The third kappa shape index (κ3) is 4.46. The molecule has 0 unspecified atom stereocenters. The Kier molecular flexibility index (Phi) is 4.92. The van der Waals surface area contributed by atoms with Crippen molar-refractivity contribution in [2.75, 3.05) is 33.2 Å². The summed E-state index contributed by atoms with van der Waals surface area (Å²) in [4.78, 5) is 16.5. The Morgan fingerprint density at radius 1 is 1.08 bits per heavy atom. The highest BCUT2D eigenvalue weighted by atomic mass is 16.5. The van der Waals surface area contributed by atoms with Gasteiger partial charge in [-0.05, 0) is 24.1 Å². The molecule has 25 heavy (non-hydrogen) atoms. The van der Waals surface area contributed by atoms with Crippen molar-refractivity contribution in [3.63, 3.8) is 0 Å². The van der Waals surface area contributed by atoms with Crippen LogP contribution >= 0.6 is 0 Å². The van der Waals surface area contributed by atoms with Crippen LogP contribution < -0.4 is 5.56 Å². The molecular weight excluding hydrogens is 316 g/mol. The Labute approximate surface area is 148 Å². The summed E-state index contributed by atoms with van der Waals surface area (Å²) in [5, 5.41) is 13.3. The van der Waals surface area contributed by atoms with Gasteiger partial charge >= 0.3 is 5.56 Å². The summed E-state index contributed by atoms with van der Waals surface area (Å²) < 4.78 is 0. The second-order valence-corrected chi connectivity index (χ2v) is 7.76. The monoisotopic (exact) mass is 342 g/mol. The minimum atomic E-state index is -0.533. The molecule has 3 rings (SSSR count). The van der Waals surface area contributed by atoms with E-state index in [9.17, 15) is 10.0 Å². The number of benzene rings is 1. The standard InChI is InChI=1S/C19H26N4O2/c1-19(2)13-21(3)10-11-22(14-19)12-15-4-6-16(7-5-15)17-8-9-18(24)23(25)20-17/h4-9,25H,10-14H2,1-3H3. The van der Waals surface area contributed by atoms with E-state index in [0.29, 0.717) is 10.5 Å². The first-order valence-corrected chi connectivity index (χ1v) is 8.62. The van der Waals surface area contributed by atoms with Crippen LogP contribution in [0.15, 0.2) is 41.2 Å². The molecule has 1 aromatic heterocycles. The lowest BCUT2D eigenvalue weighted by Gasteiger charge is -2.30. The molecule has 0 bridgehead atoms. The van der Waals surface area contributed by atoms with Gasteiger partial charge in [0.1, 0.15) is 0 Å². The zero-order chi connectivity index (χ0) is 18.0. The van der Waals surface area contributed by atoms with Crippen LogP contribution in [0.5, 0.6) is 0 Å². The molecule has 1 fully saturated rings. The molecule has 1 aliphatic heterocycles. The molecule has 0 radical (unpaired) electrons. The molecule has 0 spiro atoms. The molecule has 0 saturated carbocycles. The molecule has 1 aromatic carbocycles. The summed E-state index contributed by atoms with van der Waals surface area (Å²) in [5.41, 5.74) is 2.45. The van der Waals surface area contributed by atoms with E-state index in [-0.39, 0.29) is 5.41 Å². The van der Waals surface area contributed by atoms with Gasteiger partial charge in [0.25, 0.3) is 0 Å². The molecule has 0 aliphatic carbocycles. The van der Waals surface area contributed by atoms with Crippen molar-refractivity contribution in [2.24, 2.45) is 5.41 Å². The van der Waals surface area contributed by atoms with Crippen LogP contribution in [0, 0.1) is 5.41 Å². The van der Waals surface area contributed by atoms with Crippen molar-refractivity contribution in [3.05, 3.63) is 52.3 Å². The largest absolute Gasteiger partial charge is 0.409 e. The Morgan fingerprint density at radius 2 is 1.80 bits per heavy atom. The van der Waals surface area contributed by atoms with E-state index in [0.717, 1.165) is 38.3 Å². The third-order valence-electron chi connectivity index (χ3n) is 4.59. The predicted molar refractivity (Wildman–Crippen MR) is 97.7 cm³/mol. The van der Waals surface area contributed by atoms with Crippen LogP contribution in [0.2, 0.25) is 0 Å². The molecule has 1 N–H and O–H groups in total. The van der Waals surface area contributed by atoms with Gasteiger partial charge in [0.05, 0.1) is 5.69 Å². The van der Waals surface area contributed by atoms with Crippen LogP contribution in [-0.4, -0.2) is 58.2 Å². The fraction of sp³-hybridized carbons (Fsp3) is 0.474. The van der Waals surface area contributed by atoms with Crippen molar-refractivity contribution in [3.8, 4) is 11.3 Å². The van der Waals surface area contributed by atoms with Gasteiger partial charge in [-0.1, -0.05) is 43.0 Å². The van der Waals surface area contributed by atoms with Gasteiger partial charge < -0.3 is 10.1 Å². The molecule has 2 heterocycles. The van der Waals surface area contributed by atoms with Gasteiger partial charge in [0, 0.05) is 44.4 Å². The summed E-state index contributed by atoms with van der Waals surface area (Å²) in [6, 6.07) is 11.1. The summed E-state index contributed by atoms with van der Waals surface area (Å²) in [7, 11) is 2.19. The topological polar surface area (TPSA) is 61.6 Å². The SMILES string of the molecule is CN1CCN(Cc2ccc(-c3ccc(=O)n(O)n3)cc2)CC(C)(C)C1. The highest BCUT2D eigenvalue weighted by molar-refractivity contribution is 5.58. The number of likely N-dealkylation sites (N-methyl/N-ethyl adjacent to an activating group) is 1. The van der Waals surface area contributed by atoms with E-state index >= 15 is 0 Å². The summed E-state index contributed by atoms with van der Waals surface area (Å²) in [5.74, 6) is 0. The van der Waals surface area contributed by atoms with Gasteiger partial charge in [-0.3, -0.25) is 9.69 Å². The first kappa shape index (κ1) is 17.6. The van der Waals surface area contributed by atoms with Crippen LogP contribution in [0.3, 0.4) is 0 Å². The Bertz CT molecular complexity index is 783. The van der Waals surface area contributed by atoms with E-state index in [1.54, 1.807) is 6.07 Å². The fourth-order valence-corrected chi connectivity index (χ4v) is 3.59. The normalized spacial score (nSPS) is 18.8. The van der Waals surface area contributed by atoms with E-state index in [4.69, 9.17) is 0 Å². The minimum absolute atomic E-state index is 0.282. The Morgan fingerprint density at radius 3 is 2.48 bits per heavy atom. The van der Waals surface area contributed by atoms with E-state index in [1.165, 1.54) is 11.6 Å². The van der Waals surface area contributed by atoms with Crippen molar-refractivity contribution in [2.45, 2.75) is 20.4 Å². The lowest BCUT2D eigenvalue weighted by molar-refractivity contribution is 0.135. The maximum atomic E-state index is 11.2. The van der Waals surface area contributed by atoms with Crippen molar-refractivity contribution in [1.29, 1.82) is 0 Å². The smallest absolute Gasteiger partial charge is 0.302 e. The van der Waals surface area contributed by atoms with E-state index in [2.05, 4.69) is 47.9 Å². The predicted octanol–water partition coefficient (Wildman–Crippen LogP) is 1.92. The fourth-order valence-electron chi connectivity index (χ4n) is 3.59. The summed E-state index contributed by atoms with van der Waals surface area (Å²) in [6.07, 6.45) is 0. The molecule has 1 aliphatic rings. The zero-order valence-electron chi connectivity index (χ0n) is 15.1. The number of rotatable bonds is 3. The first-order chi connectivity index (χ1) is 11.8. The van der Waals surface area contributed by atoms with E-state index in [1.807, 2.05) is 12.1 Å². The van der Waals surface area contributed by atoms with Crippen LogP contribution in [-0.2, 0) is 6.54 Å². The molecule has 1 saturated heterocycles. The van der Waals surface area contributed by atoms with Crippen molar-refractivity contribution in [1.82, 2.24) is 19.7 Å². The van der Waals surface area contributed by atoms with Crippen molar-refractivity contribution < 1.29 is 5.21 Å². The number of hydrogen-bond donors (Lipinski definition) is 1. The molecule has 6 nitrogen and oxygen atoms in total. The Balaban J connectivity index is 1.72. The van der Waals surface area contributed by atoms with Crippen LogP contribution in [0.25, 0.3) is 11.3 Å². The highest BCUT2D eigenvalue weighted by Crippen LogP contribution is 2.23. The van der Waals surface area contributed by atoms with Gasteiger partial charge in [0.15, 0.2) is 0 Å². The quantitative estimate of drug-likeness (QED) is 0.864. The Hall–Kier alpha value is -2.18. The molecule has 0 amide bonds. The average Bonchev–Trinajstić information content (AvgIpc) is 2.68. The zero-order valence-corrected chi connectivity index (χ0v) is 15.1. The highest BCUT2D eigenvalue weighted by Gasteiger charge is 2.27.